The maximum Gasteiger partial charge on any atom is 0.219 e. The van der Waals surface area contributed by atoms with Crippen molar-refractivity contribution in [3.05, 3.63) is 0 Å². The van der Waals surface area contributed by atoms with Crippen LogP contribution in [0.25, 0.3) is 0 Å². The Morgan fingerprint density at radius 3 is 2.73 bits per heavy atom. The first-order chi connectivity index (χ1) is 5.11. The van der Waals surface area contributed by atoms with Crippen LogP contribution >= 0.6 is 0 Å². The molecule has 3 nitrogen and oxygen atoms in total. The average molecular weight is 157 g/mol. The molecule has 0 aromatic rings. The predicted molar refractivity (Wildman–Crippen MR) is 42.0 cm³/mol. The summed E-state index contributed by atoms with van der Waals surface area (Å²) in [5, 5.41) is 9.40. The van der Waals surface area contributed by atoms with Crippen molar-refractivity contribution in [2.24, 2.45) is 5.92 Å². The normalized spacial score (nSPS) is 32.1. The average Bonchev–Trinajstić information content (AvgIpc) is 1.94. The molecule has 0 bridgehead atoms. The van der Waals surface area contributed by atoms with Crippen LogP contribution in [0.1, 0.15) is 20.3 Å². The Morgan fingerprint density at radius 1 is 1.64 bits per heavy atom. The Balaban J connectivity index is 2.46. The van der Waals surface area contributed by atoms with Crippen molar-refractivity contribution in [1.82, 2.24) is 4.90 Å². The quantitative estimate of drug-likeness (QED) is 0.547. The van der Waals surface area contributed by atoms with E-state index in [2.05, 4.69) is 0 Å². The van der Waals surface area contributed by atoms with Crippen LogP contribution in [0.5, 0.6) is 0 Å². The molecule has 1 saturated heterocycles. The number of carbonyl (C=O) groups excluding carboxylic acids is 1. The fourth-order valence-electron chi connectivity index (χ4n) is 1.33. The topological polar surface area (TPSA) is 40.5 Å². The second-order valence-electron chi connectivity index (χ2n) is 3.30. The molecule has 1 fully saturated rings. The lowest BCUT2D eigenvalue weighted by Crippen LogP contribution is -2.44. The molecule has 2 atom stereocenters. The number of hydrogen-bond acceptors (Lipinski definition) is 2. The van der Waals surface area contributed by atoms with Gasteiger partial charge < -0.3 is 10.0 Å². The van der Waals surface area contributed by atoms with E-state index in [1.165, 1.54) is 0 Å². The van der Waals surface area contributed by atoms with Gasteiger partial charge in [0.2, 0.25) is 5.91 Å². The number of hydrogen-bond donors (Lipinski definition) is 1. The van der Waals surface area contributed by atoms with E-state index in [1.807, 2.05) is 6.92 Å². The lowest BCUT2D eigenvalue weighted by Gasteiger charge is -2.33. The zero-order chi connectivity index (χ0) is 8.43. The summed E-state index contributed by atoms with van der Waals surface area (Å²) >= 11 is 0. The van der Waals surface area contributed by atoms with Gasteiger partial charge in [0.1, 0.15) is 0 Å². The molecule has 2 unspecified atom stereocenters. The molecule has 0 saturated carbocycles. The molecule has 1 aliphatic rings. The number of nitrogens with zero attached hydrogens (tertiary/aromatic N) is 1. The maximum absolute atomic E-state index is 10.9. The molecule has 0 spiro atoms. The fourth-order valence-corrected chi connectivity index (χ4v) is 1.33. The summed E-state index contributed by atoms with van der Waals surface area (Å²) < 4.78 is 0. The third-order valence-corrected chi connectivity index (χ3v) is 2.36. The summed E-state index contributed by atoms with van der Waals surface area (Å²) in [6.07, 6.45) is 0.591. The molecule has 0 aliphatic carbocycles. The van der Waals surface area contributed by atoms with Crippen molar-refractivity contribution >= 4 is 5.91 Å². The van der Waals surface area contributed by atoms with Gasteiger partial charge in [-0.05, 0) is 12.3 Å². The van der Waals surface area contributed by atoms with Crippen LogP contribution in [0.15, 0.2) is 0 Å². The van der Waals surface area contributed by atoms with E-state index in [0.29, 0.717) is 12.5 Å². The van der Waals surface area contributed by atoms with E-state index in [0.717, 1.165) is 13.0 Å². The van der Waals surface area contributed by atoms with Gasteiger partial charge in [0.05, 0.1) is 6.10 Å². The molecule has 1 heterocycles. The lowest BCUT2D eigenvalue weighted by atomic mass is 9.96. The van der Waals surface area contributed by atoms with Crippen molar-refractivity contribution in [2.75, 3.05) is 13.1 Å². The molecular weight excluding hydrogens is 142 g/mol. The van der Waals surface area contributed by atoms with Gasteiger partial charge in [-0.25, -0.2) is 0 Å². The Kier molecular flexibility index (Phi) is 2.49. The van der Waals surface area contributed by atoms with Gasteiger partial charge in [-0.15, -0.1) is 0 Å². The molecule has 0 radical (unpaired) electrons. The van der Waals surface area contributed by atoms with Crippen LogP contribution in [0, 0.1) is 5.92 Å². The van der Waals surface area contributed by atoms with Gasteiger partial charge in [0.25, 0.3) is 0 Å². The van der Waals surface area contributed by atoms with Crippen molar-refractivity contribution in [1.29, 1.82) is 0 Å². The van der Waals surface area contributed by atoms with Crippen LogP contribution in [0.3, 0.4) is 0 Å². The molecule has 0 aromatic carbocycles. The summed E-state index contributed by atoms with van der Waals surface area (Å²) in [4.78, 5) is 12.6. The second-order valence-corrected chi connectivity index (χ2v) is 3.30. The van der Waals surface area contributed by atoms with Gasteiger partial charge in [-0.3, -0.25) is 4.79 Å². The van der Waals surface area contributed by atoms with Crippen molar-refractivity contribution in [3.63, 3.8) is 0 Å². The Labute approximate surface area is 67.0 Å². The first kappa shape index (κ1) is 8.53. The zero-order valence-corrected chi connectivity index (χ0v) is 7.08. The van der Waals surface area contributed by atoms with E-state index in [9.17, 15) is 9.90 Å². The molecule has 64 valence electrons. The van der Waals surface area contributed by atoms with Crippen LogP contribution in [0.2, 0.25) is 0 Å². The molecule has 1 amide bonds. The van der Waals surface area contributed by atoms with Crippen LogP contribution < -0.4 is 0 Å². The SMILES string of the molecule is CC(=O)N1CCC(C)C(O)C1. The maximum atomic E-state index is 10.9. The van der Waals surface area contributed by atoms with Crippen LogP contribution in [0.4, 0.5) is 0 Å². The fraction of sp³-hybridized carbons (Fsp3) is 0.875. The van der Waals surface area contributed by atoms with Crippen LogP contribution in [-0.4, -0.2) is 35.1 Å². The minimum absolute atomic E-state index is 0.0657. The van der Waals surface area contributed by atoms with Gasteiger partial charge >= 0.3 is 0 Å². The highest BCUT2D eigenvalue weighted by atomic mass is 16.3. The van der Waals surface area contributed by atoms with Gasteiger partial charge in [0, 0.05) is 20.0 Å². The summed E-state index contributed by atoms with van der Waals surface area (Å²) in [5.74, 6) is 0.404. The van der Waals surface area contributed by atoms with E-state index >= 15 is 0 Å². The molecule has 0 aromatic heterocycles. The van der Waals surface area contributed by atoms with E-state index in [4.69, 9.17) is 0 Å². The van der Waals surface area contributed by atoms with Gasteiger partial charge in [0.15, 0.2) is 0 Å². The molecule has 11 heavy (non-hydrogen) atoms. The Morgan fingerprint density at radius 2 is 2.27 bits per heavy atom. The third kappa shape index (κ3) is 1.93. The molecule has 3 heteroatoms. The zero-order valence-electron chi connectivity index (χ0n) is 7.08. The number of likely N-dealkylation sites (tertiary alicyclic amines) is 1. The first-order valence-electron chi connectivity index (χ1n) is 4.05. The van der Waals surface area contributed by atoms with E-state index < -0.39 is 0 Å². The second kappa shape index (κ2) is 3.22. The standard InChI is InChI=1S/C8H15NO2/c1-6-3-4-9(7(2)10)5-8(6)11/h6,8,11H,3-5H2,1-2H3. The van der Waals surface area contributed by atoms with E-state index in [1.54, 1.807) is 11.8 Å². The molecular formula is C8H15NO2. The number of rotatable bonds is 0. The number of carbonyl (C=O) groups is 1. The minimum Gasteiger partial charge on any atom is -0.391 e. The molecule has 1 rings (SSSR count). The van der Waals surface area contributed by atoms with Gasteiger partial charge in [-0.1, -0.05) is 6.92 Å². The van der Waals surface area contributed by atoms with Gasteiger partial charge in [-0.2, -0.15) is 0 Å². The van der Waals surface area contributed by atoms with Crippen molar-refractivity contribution < 1.29 is 9.90 Å². The molecule has 1 aliphatic heterocycles. The minimum atomic E-state index is -0.326. The van der Waals surface area contributed by atoms with Crippen LogP contribution in [-0.2, 0) is 4.79 Å². The number of aliphatic hydroxyl groups is 1. The molecule has 1 N–H and O–H groups in total. The number of piperidine rings is 1. The highest BCUT2D eigenvalue weighted by molar-refractivity contribution is 5.73. The van der Waals surface area contributed by atoms with E-state index in [-0.39, 0.29) is 12.0 Å². The monoisotopic (exact) mass is 157 g/mol. The Hall–Kier alpha value is -0.570. The van der Waals surface area contributed by atoms with Crippen molar-refractivity contribution in [3.8, 4) is 0 Å². The summed E-state index contributed by atoms with van der Waals surface area (Å²) in [6.45, 7) is 4.87. The number of β-amino-alcohol motifs (C(OH)–C–C–N with tert-alkyl or cyclic N) is 1. The Bertz CT molecular complexity index is 158. The summed E-state index contributed by atoms with van der Waals surface area (Å²) in [7, 11) is 0. The summed E-state index contributed by atoms with van der Waals surface area (Å²) in [6, 6.07) is 0. The smallest absolute Gasteiger partial charge is 0.219 e. The summed E-state index contributed by atoms with van der Waals surface area (Å²) in [5.41, 5.74) is 0. The lowest BCUT2D eigenvalue weighted by molar-refractivity contribution is -0.133. The largest absolute Gasteiger partial charge is 0.391 e. The predicted octanol–water partition coefficient (Wildman–Crippen LogP) is 0.236. The number of amides is 1. The highest BCUT2D eigenvalue weighted by Crippen LogP contribution is 2.16. The highest BCUT2D eigenvalue weighted by Gasteiger charge is 2.25. The first-order valence-corrected chi connectivity index (χ1v) is 4.05. The number of aliphatic hydroxyl groups excluding tert-OH is 1. The van der Waals surface area contributed by atoms with Crippen molar-refractivity contribution in [2.45, 2.75) is 26.4 Å². The third-order valence-electron chi connectivity index (χ3n) is 2.36.